The van der Waals surface area contributed by atoms with E-state index in [2.05, 4.69) is 9.97 Å². The average molecular weight is 190 g/mol. The van der Waals surface area contributed by atoms with E-state index in [1.165, 1.54) is 36.9 Å². The third-order valence-corrected chi connectivity index (χ3v) is 3.17. The van der Waals surface area contributed by atoms with Crippen molar-refractivity contribution in [3.05, 3.63) is 17.6 Å². The molecule has 1 heterocycles. The molecule has 2 aliphatic rings. The van der Waals surface area contributed by atoms with Crippen LogP contribution in [0.5, 0.6) is 5.88 Å². The van der Waals surface area contributed by atoms with Gasteiger partial charge in [0, 0.05) is 5.56 Å². The van der Waals surface area contributed by atoms with Crippen LogP contribution in [-0.4, -0.2) is 16.1 Å². The van der Waals surface area contributed by atoms with Crippen molar-refractivity contribution in [2.24, 2.45) is 0 Å². The smallest absolute Gasteiger partial charge is 0.220 e. The van der Waals surface area contributed by atoms with Crippen LogP contribution in [0.25, 0.3) is 0 Å². The zero-order valence-corrected chi connectivity index (χ0v) is 8.20. The van der Waals surface area contributed by atoms with Crippen molar-refractivity contribution in [1.29, 1.82) is 0 Å². The van der Waals surface area contributed by atoms with Crippen molar-refractivity contribution in [3.63, 3.8) is 0 Å². The fraction of sp³-hybridized carbons (Fsp3) is 0.636. The number of nitrogens with zero attached hydrogens (tertiary/aromatic N) is 2. The minimum atomic E-state index is 0.426. The molecule has 0 aromatic carbocycles. The van der Waals surface area contributed by atoms with Crippen LogP contribution in [0, 0.1) is 0 Å². The van der Waals surface area contributed by atoms with Crippen LogP contribution in [0.1, 0.15) is 36.9 Å². The molecular formula is C11H14N2O. The van der Waals surface area contributed by atoms with Crippen LogP contribution in [0.2, 0.25) is 0 Å². The second-order valence-electron chi connectivity index (χ2n) is 4.13. The molecule has 1 aromatic rings. The normalized spacial score (nSPS) is 20.3. The summed E-state index contributed by atoms with van der Waals surface area (Å²) in [6, 6.07) is 0. The minimum absolute atomic E-state index is 0.426. The van der Waals surface area contributed by atoms with Gasteiger partial charge in [-0.1, -0.05) is 0 Å². The SMILES string of the molecule is c1nc2c(c(OC3CCC3)n1)CCC2. The summed E-state index contributed by atoms with van der Waals surface area (Å²) < 4.78 is 5.84. The Morgan fingerprint density at radius 1 is 1.14 bits per heavy atom. The van der Waals surface area contributed by atoms with E-state index in [9.17, 15) is 0 Å². The average Bonchev–Trinajstić information content (AvgIpc) is 2.59. The molecule has 0 unspecified atom stereocenters. The summed E-state index contributed by atoms with van der Waals surface area (Å²) in [7, 11) is 0. The van der Waals surface area contributed by atoms with Gasteiger partial charge in [-0.3, -0.25) is 0 Å². The molecular weight excluding hydrogens is 176 g/mol. The second-order valence-corrected chi connectivity index (χ2v) is 4.13. The van der Waals surface area contributed by atoms with E-state index in [0.29, 0.717) is 6.10 Å². The van der Waals surface area contributed by atoms with E-state index >= 15 is 0 Å². The Hall–Kier alpha value is -1.12. The molecule has 3 heteroatoms. The lowest BCUT2D eigenvalue weighted by Crippen LogP contribution is -2.25. The Morgan fingerprint density at radius 3 is 2.86 bits per heavy atom. The van der Waals surface area contributed by atoms with Crippen LogP contribution in [0.15, 0.2) is 6.33 Å². The highest BCUT2D eigenvalue weighted by Gasteiger charge is 2.24. The van der Waals surface area contributed by atoms with Crippen molar-refractivity contribution in [2.45, 2.75) is 44.6 Å². The number of aryl methyl sites for hydroxylation is 1. The lowest BCUT2D eigenvalue weighted by molar-refractivity contribution is 0.113. The van der Waals surface area contributed by atoms with E-state index in [4.69, 9.17) is 4.74 Å². The van der Waals surface area contributed by atoms with Gasteiger partial charge in [-0.2, -0.15) is 0 Å². The molecule has 3 nitrogen and oxygen atoms in total. The first-order valence-electron chi connectivity index (χ1n) is 5.43. The number of rotatable bonds is 2. The number of hydrogen-bond acceptors (Lipinski definition) is 3. The molecule has 0 spiro atoms. The maximum atomic E-state index is 5.84. The zero-order valence-electron chi connectivity index (χ0n) is 8.20. The van der Waals surface area contributed by atoms with Crippen LogP contribution >= 0.6 is 0 Å². The summed E-state index contributed by atoms with van der Waals surface area (Å²) in [4.78, 5) is 8.52. The first kappa shape index (κ1) is 8.21. The van der Waals surface area contributed by atoms with Crippen LogP contribution in [0.4, 0.5) is 0 Å². The van der Waals surface area contributed by atoms with Gasteiger partial charge < -0.3 is 4.74 Å². The number of hydrogen-bond donors (Lipinski definition) is 0. The van der Waals surface area contributed by atoms with Crippen LogP contribution in [-0.2, 0) is 12.8 Å². The first-order chi connectivity index (χ1) is 6.93. The third kappa shape index (κ3) is 1.27. The van der Waals surface area contributed by atoms with Gasteiger partial charge >= 0.3 is 0 Å². The monoisotopic (exact) mass is 190 g/mol. The van der Waals surface area contributed by atoms with E-state index in [0.717, 1.165) is 18.7 Å². The molecule has 1 fully saturated rings. The fourth-order valence-electron chi connectivity index (χ4n) is 2.08. The molecule has 0 N–H and O–H groups in total. The molecule has 0 radical (unpaired) electrons. The summed E-state index contributed by atoms with van der Waals surface area (Å²) in [6.07, 6.45) is 9.15. The molecule has 0 aliphatic heterocycles. The van der Waals surface area contributed by atoms with Gasteiger partial charge in [-0.15, -0.1) is 0 Å². The highest BCUT2D eigenvalue weighted by Crippen LogP contribution is 2.30. The molecule has 0 bridgehead atoms. The highest BCUT2D eigenvalue weighted by molar-refractivity contribution is 5.33. The fourth-order valence-corrected chi connectivity index (χ4v) is 2.08. The summed E-state index contributed by atoms with van der Waals surface area (Å²) in [5.74, 6) is 0.859. The molecule has 3 rings (SSSR count). The van der Waals surface area contributed by atoms with Crippen molar-refractivity contribution in [3.8, 4) is 5.88 Å². The predicted molar refractivity (Wildman–Crippen MR) is 52.3 cm³/mol. The number of aromatic nitrogens is 2. The Balaban J connectivity index is 1.85. The Kier molecular flexibility index (Phi) is 1.89. The molecule has 1 aromatic heterocycles. The molecule has 0 saturated heterocycles. The summed E-state index contributed by atoms with van der Waals surface area (Å²) in [5, 5.41) is 0. The van der Waals surface area contributed by atoms with Crippen LogP contribution < -0.4 is 4.74 Å². The zero-order chi connectivity index (χ0) is 9.38. The van der Waals surface area contributed by atoms with Gasteiger partial charge in [0.1, 0.15) is 12.4 Å². The van der Waals surface area contributed by atoms with Gasteiger partial charge in [0.15, 0.2) is 0 Å². The quantitative estimate of drug-likeness (QED) is 0.714. The summed E-state index contributed by atoms with van der Waals surface area (Å²) >= 11 is 0. The van der Waals surface area contributed by atoms with Gasteiger partial charge in [0.25, 0.3) is 0 Å². The van der Waals surface area contributed by atoms with E-state index in [-0.39, 0.29) is 0 Å². The predicted octanol–water partition coefficient (Wildman–Crippen LogP) is 1.90. The maximum Gasteiger partial charge on any atom is 0.220 e. The standard InChI is InChI=1S/C11H14N2O/c1-3-8(4-1)14-11-9-5-2-6-10(9)12-7-13-11/h7-8H,1-6H2. The number of fused-ring (bicyclic) bond motifs is 1. The first-order valence-corrected chi connectivity index (χ1v) is 5.43. The molecule has 2 aliphatic carbocycles. The van der Waals surface area contributed by atoms with Crippen molar-refractivity contribution >= 4 is 0 Å². The Morgan fingerprint density at radius 2 is 2.07 bits per heavy atom. The summed E-state index contributed by atoms with van der Waals surface area (Å²) in [5.41, 5.74) is 2.47. The molecule has 0 amide bonds. The summed E-state index contributed by atoms with van der Waals surface area (Å²) in [6.45, 7) is 0. The Labute approximate surface area is 83.5 Å². The van der Waals surface area contributed by atoms with Crippen molar-refractivity contribution in [1.82, 2.24) is 9.97 Å². The van der Waals surface area contributed by atoms with Gasteiger partial charge in [-0.05, 0) is 38.5 Å². The van der Waals surface area contributed by atoms with Crippen molar-refractivity contribution < 1.29 is 4.74 Å². The van der Waals surface area contributed by atoms with Gasteiger partial charge in [0.2, 0.25) is 5.88 Å². The van der Waals surface area contributed by atoms with E-state index in [1.54, 1.807) is 6.33 Å². The second kappa shape index (κ2) is 3.23. The molecule has 0 atom stereocenters. The maximum absolute atomic E-state index is 5.84. The lowest BCUT2D eigenvalue weighted by Gasteiger charge is -2.26. The lowest BCUT2D eigenvalue weighted by atomic mass is 9.96. The molecule has 74 valence electrons. The minimum Gasteiger partial charge on any atom is -0.474 e. The van der Waals surface area contributed by atoms with Crippen LogP contribution in [0.3, 0.4) is 0 Å². The highest BCUT2D eigenvalue weighted by atomic mass is 16.5. The Bertz CT molecular complexity index is 347. The molecule has 1 saturated carbocycles. The van der Waals surface area contributed by atoms with Gasteiger partial charge in [-0.25, -0.2) is 9.97 Å². The topological polar surface area (TPSA) is 35.0 Å². The largest absolute Gasteiger partial charge is 0.474 e. The van der Waals surface area contributed by atoms with E-state index < -0.39 is 0 Å². The van der Waals surface area contributed by atoms with E-state index in [1.807, 2.05) is 0 Å². The third-order valence-electron chi connectivity index (χ3n) is 3.17. The molecule has 14 heavy (non-hydrogen) atoms. The van der Waals surface area contributed by atoms with Crippen molar-refractivity contribution in [2.75, 3.05) is 0 Å². The number of ether oxygens (including phenoxy) is 1. The van der Waals surface area contributed by atoms with Gasteiger partial charge in [0.05, 0.1) is 5.69 Å².